The summed E-state index contributed by atoms with van der Waals surface area (Å²) in [5.74, 6) is 1.38. The van der Waals surface area contributed by atoms with Crippen LogP contribution in [-0.4, -0.2) is 34.6 Å². The monoisotopic (exact) mass is 242 g/mol. The Bertz CT molecular complexity index is 222. The molecule has 2 fully saturated rings. The van der Waals surface area contributed by atoms with Crippen molar-refractivity contribution in [2.45, 2.75) is 51.0 Å². The summed E-state index contributed by atoms with van der Waals surface area (Å²) in [6.45, 7) is 1.37. The van der Waals surface area contributed by atoms with Crippen LogP contribution in [0.1, 0.15) is 44.9 Å². The first-order valence-corrected chi connectivity index (χ1v) is 6.72. The number of rotatable bonds is 3. The molecule has 1 aliphatic heterocycles. The summed E-state index contributed by atoms with van der Waals surface area (Å²) in [5, 5.41) is 32.0. The lowest BCUT2D eigenvalue weighted by Gasteiger charge is -2.40. The van der Waals surface area contributed by atoms with Crippen LogP contribution in [0, 0.1) is 22.3 Å². The van der Waals surface area contributed by atoms with Gasteiger partial charge in [0.25, 0.3) is 0 Å². The summed E-state index contributed by atoms with van der Waals surface area (Å²) in [6.07, 6.45) is 6.96. The fraction of sp³-hybridized carbons (Fsp3) is 1.00. The highest BCUT2D eigenvalue weighted by atomic mass is 16.8. The van der Waals surface area contributed by atoms with Gasteiger partial charge < -0.3 is 20.7 Å². The van der Waals surface area contributed by atoms with E-state index in [2.05, 4.69) is 0 Å². The Kier molecular flexibility index (Phi) is 4.76. The lowest BCUT2D eigenvalue weighted by molar-refractivity contribution is -0.0923. The van der Waals surface area contributed by atoms with Gasteiger partial charge in [0.15, 0.2) is 0 Å². The topological polar surface area (TPSA) is 72.8 Å². The Labute approximate surface area is 103 Å². The van der Waals surface area contributed by atoms with Crippen molar-refractivity contribution in [3.8, 4) is 0 Å². The van der Waals surface area contributed by atoms with E-state index in [4.69, 9.17) is 5.21 Å². The number of hydroxylamine groups is 4. The molecule has 0 amide bonds. The molecule has 1 heterocycles. The Balaban J connectivity index is 1.67. The zero-order valence-corrected chi connectivity index (χ0v) is 10.3. The van der Waals surface area contributed by atoms with Gasteiger partial charge in [0.1, 0.15) is 0 Å². The molecule has 0 spiro atoms. The summed E-state index contributed by atoms with van der Waals surface area (Å²) in [5.41, 5.74) is 0. The van der Waals surface area contributed by atoms with Crippen LogP contribution in [0.5, 0.6) is 0 Å². The van der Waals surface area contributed by atoms with Crippen molar-refractivity contribution in [1.29, 1.82) is 0 Å². The third-order valence-corrected chi connectivity index (χ3v) is 4.37. The number of nitrogens with zero attached hydrogens (tertiary/aromatic N) is 2. The maximum absolute atomic E-state index is 11.1. The molecule has 0 aromatic rings. The predicted molar refractivity (Wildman–Crippen MR) is 65.0 cm³/mol. The van der Waals surface area contributed by atoms with Crippen molar-refractivity contribution in [2.75, 3.05) is 13.1 Å². The van der Waals surface area contributed by atoms with Crippen LogP contribution < -0.4 is 0 Å². The molecular formula is C12H22N2O3-2. The molecule has 1 saturated heterocycles. The largest absolute Gasteiger partial charge is 0.785 e. The average Bonchev–Trinajstić information content (AvgIpc) is 2.33. The molecule has 1 aliphatic carbocycles. The zero-order valence-electron chi connectivity index (χ0n) is 10.3. The minimum absolute atomic E-state index is 0.131. The second-order valence-corrected chi connectivity index (χ2v) is 5.59. The third kappa shape index (κ3) is 3.89. The van der Waals surface area contributed by atoms with Crippen LogP contribution in [0.25, 0.3) is 0 Å². The van der Waals surface area contributed by atoms with Gasteiger partial charge in [0.05, 0.1) is 0 Å². The van der Waals surface area contributed by atoms with Gasteiger partial charge in [0.2, 0.25) is 0 Å². The second-order valence-electron chi connectivity index (χ2n) is 5.59. The Morgan fingerprint density at radius 3 is 2.06 bits per heavy atom. The first-order chi connectivity index (χ1) is 8.15. The highest BCUT2D eigenvalue weighted by Gasteiger charge is 2.25. The first kappa shape index (κ1) is 13.2. The van der Waals surface area contributed by atoms with Crippen molar-refractivity contribution < 1.29 is 5.21 Å². The highest BCUT2D eigenvalue weighted by molar-refractivity contribution is 4.80. The molecule has 100 valence electrons. The molecule has 1 N–H and O–H groups in total. The van der Waals surface area contributed by atoms with Crippen molar-refractivity contribution in [1.82, 2.24) is 10.3 Å². The molecule has 0 radical (unpaired) electrons. The maximum Gasteiger partial charge on any atom is 0.0217 e. The van der Waals surface area contributed by atoms with E-state index in [1.54, 1.807) is 0 Å². The molecule has 17 heavy (non-hydrogen) atoms. The third-order valence-electron chi connectivity index (χ3n) is 4.37. The molecule has 5 heteroatoms. The minimum Gasteiger partial charge on any atom is -0.785 e. The van der Waals surface area contributed by atoms with E-state index in [0.717, 1.165) is 43.6 Å². The van der Waals surface area contributed by atoms with Crippen molar-refractivity contribution >= 4 is 0 Å². The minimum atomic E-state index is -0.185. The smallest absolute Gasteiger partial charge is 0.0217 e. The first-order valence-electron chi connectivity index (χ1n) is 6.72. The Morgan fingerprint density at radius 2 is 1.53 bits per heavy atom. The zero-order chi connectivity index (χ0) is 12.3. The molecular weight excluding hydrogens is 220 g/mol. The number of piperidine rings is 1. The fourth-order valence-corrected chi connectivity index (χ4v) is 3.22. The van der Waals surface area contributed by atoms with Crippen molar-refractivity contribution in [3.63, 3.8) is 0 Å². The van der Waals surface area contributed by atoms with E-state index in [9.17, 15) is 10.4 Å². The molecule has 2 aliphatic rings. The van der Waals surface area contributed by atoms with Crippen LogP contribution in [0.4, 0.5) is 0 Å². The van der Waals surface area contributed by atoms with Gasteiger partial charge in [-0.05, 0) is 69.9 Å². The van der Waals surface area contributed by atoms with Gasteiger partial charge in [0, 0.05) is 6.04 Å². The molecule has 0 bridgehead atoms. The quantitative estimate of drug-likeness (QED) is 0.769. The highest BCUT2D eigenvalue weighted by Crippen LogP contribution is 2.33. The number of hydrogen-bond acceptors (Lipinski definition) is 5. The van der Waals surface area contributed by atoms with Crippen LogP contribution in [0.2, 0.25) is 0 Å². The molecule has 0 unspecified atom stereocenters. The second kappa shape index (κ2) is 6.11. The van der Waals surface area contributed by atoms with Crippen LogP contribution in [0.3, 0.4) is 0 Å². The molecule has 1 saturated carbocycles. The average molecular weight is 242 g/mol. The van der Waals surface area contributed by atoms with Gasteiger partial charge in [-0.15, -0.1) is 0 Å². The summed E-state index contributed by atoms with van der Waals surface area (Å²) in [7, 11) is 0. The Hall–Kier alpha value is -0.200. The van der Waals surface area contributed by atoms with Crippen LogP contribution in [-0.2, 0) is 0 Å². The van der Waals surface area contributed by atoms with E-state index in [1.165, 1.54) is 6.42 Å². The van der Waals surface area contributed by atoms with Gasteiger partial charge in [-0.3, -0.25) is 5.23 Å². The molecule has 0 aromatic heterocycles. The van der Waals surface area contributed by atoms with Gasteiger partial charge >= 0.3 is 0 Å². The lowest BCUT2D eigenvalue weighted by atomic mass is 9.78. The predicted octanol–water partition coefficient (Wildman–Crippen LogP) is 2.33. The van der Waals surface area contributed by atoms with Crippen molar-refractivity contribution in [2.24, 2.45) is 11.8 Å². The van der Waals surface area contributed by atoms with E-state index in [1.807, 2.05) is 0 Å². The van der Waals surface area contributed by atoms with Gasteiger partial charge in [-0.25, -0.2) is 0 Å². The van der Waals surface area contributed by atoms with Crippen LogP contribution in [0.15, 0.2) is 0 Å². The molecule has 5 nitrogen and oxygen atoms in total. The van der Waals surface area contributed by atoms with Gasteiger partial charge in [-0.2, -0.15) is 0 Å². The van der Waals surface area contributed by atoms with E-state index < -0.39 is 0 Å². The summed E-state index contributed by atoms with van der Waals surface area (Å²) < 4.78 is 0. The summed E-state index contributed by atoms with van der Waals surface area (Å²) in [4.78, 5) is 0. The normalized spacial score (nSPS) is 33.2. The SMILES string of the molecule is [O-]N1CCC(CC2CCC(N([O-])O)CC2)CC1. The van der Waals surface area contributed by atoms with E-state index in [-0.39, 0.29) is 11.3 Å². The number of hydrogen-bond donors (Lipinski definition) is 1. The standard InChI is InChI=1S/C12H22N2O3/c15-13-7-5-11(6-8-13)9-10-1-3-12(4-2-10)14(16)17/h10-12,16H,1-9H2/q-2. The Morgan fingerprint density at radius 1 is 1.00 bits per heavy atom. The molecule has 2 rings (SSSR count). The van der Waals surface area contributed by atoms with E-state index >= 15 is 0 Å². The van der Waals surface area contributed by atoms with Crippen molar-refractivity contribution in [3.05, 3.63) is 10.4 Å². The van der Waals surface area contributed by atoms with Gasteiger partial charge in [-0.1, -0.05) is 0 Å². The maximum atomic E-state index is 11.1. The lowest BCUT2D eigenvalue weighted by Crippen LogP contribution is -2.33. The summed E-state index contributed by atoms with van der Waals surface area (Å²) in [6, 6.07) is -0.185. The molecule has 0 atom stereocenters. The molecule has 0 aromatic carbocycles. The summed E-state index contributed by atoms with van der Waals surface area (Å²) >= 11 is 0. The van der Waals surface area contributed by atoms with Crippen LogP contribution >= 0.6 is 0 Å². The fourth-order valence-electron chi connectivity index (χ4n) is 3.22. The van der Waals surface area contributed by atoms with E-state index in [0.29, 0.717) is 24.9 Å².